The fourth-order valence-electron chi connectivity index (χ4n) is 5.82. The van der Waals surface area contributed by atoms with Crippen LogP contribution < -0.4 is 10.5 Å². The van der Waals surface area contributed by atoms with E-state index in [2.05, 4.69) is 120 Å². The zero-order valence-corrected chi connectivity index (χ0v) is 25.8. The molecule has 0 saturated carbocycles. The number of nitrogens with two attached hydrogens (primary N) is 1. The predicted octanol–water partition coefficient (Wildman–Crippen LogP) is 11.7. The van der Waals surface area contributed by atoms with Crippen LogP contribution in [0, 0.1) is 6.57 Å². The fourth-order valence-corrected chi connectivity index (χ4v) is 5.82. The Morgan fingerprint density at radius 3 is 1.49 bits per heavy atom. The van der Waals surface area contributed by atoms with Gasteiger partial charge in [0.1, 0.15) is 12.4 Å². The first-order valence-corrected chi connectivity index (χ1v) is 15.6. The molecule has 0 spiro atoms. The van der Waals surface area contributed by atoms with Crippen LogP contribution in [0.25, 0.3) is 60.5 Å². The van der Waals surface area contributed by atoms with E-state index in [1.54, 1.807) is 0 Å². The van der Waals surface area contributed by atoms with Crippen LogP contribution in [0.15, 0.2) is 170 Å². The minimum atomic E-state index is 0.411. The largest absolute Gasteiger partial charge is 0.487 e. The van der Waals surface area contributed by atoms with Crippen LogP contribution in [0.4, 0.5) is 11.4 Å². The standard InChI is InChI=1S/C44H32N2O/c1-46-41-14-8-13-39(27-41)36-23-19-34(20-24-36)35-21-25-37(26-22-35)40-28-42(38-11-6-3-7-12-38)44(45)43(29-40)47-30-31-15-17-33(18-16-31)32-9-4-2-5-10-32/h2-29H,30,45H2. The van der Waals surface area contributed by atoms with Crippen molar-refractivity contribution in [2.45, 2.75) is 6.61 Å². The molecule has 7 aromatic carbocycles. The molecule has 0 amide bonds. The minimum Gasteiger partial charge on any atom is -0.487 e. The zero-order valence-electron chi connectivity index (χ0n) is 25.8. The van der Waals surface area contributed by atoms with Gasteiger partial charge in [-0.25, -0.2) is 4.85 Å². The summed E-state index contributed by atoms with van der Waals surface area (Å²) in [6, 6.07) is 58.0. The van der Waals surface area contributed by atoms with Crippen LogP contribution in [-0.4, -0.2) is 0 Å². The molecule has 2 N–H and O–H groups in total. The summed E-state index contributed by atoms with van der Waals surface area (Å²) >= 11 is 0. The Balaban J connectivity index is 1.15. The lowest BCUT2D eigenvalue weighted by Crippen LogP contribution is -2.01. The highest BCUT2D eigenvalue weighted by molar-refractivity contribution is 5.86. The van der Waals surface area contributed by atoms with Crippen molar-refractivity contribution in [3.8, 4) is 61.4 Å². The number of hydrogen-bond donors (Lipinski definition) is 1. The molecule has 0 aliphatic heterocycles. The Hall–Kier alpha value is -6.37. The van der Waals surface area contributed by atoms with Gasteiger partial charge in [-0.1, -0.05) is 152 Å². The monoisotopic (exact) mass is 604 g/mol. The van der Waals surface area contributed by atoms with Crippen molar-refractivity contribution >= 4 is 11.4 Å². The number of anilines is 1. The summed E-state index contributed by atoms with van der Waals surface area (Å²) < 4.78 is 6.41. The SMILES string of the molecule is [C-]#[N+]c1cccc(-c2ccc(-c3ccc(-c4cc(OCc5ccc(-c6ccccc6)cc5)c(N)c(-c5ccccc5)c4)cc3)cc2)c1. The molecule has 224 valence electrons. The van der Waals surface area contributed by atoms with Crippen LogP contribution in [-0.2, 0) is 6.61 Å². The average Bonchev–Trinajstić information content (AvgIpc) is 3.15. The summed E-state index contributed by atoms with van der Waals surface area (Å²) in [4.78, 5) is 3.56. The average molecular weight is 605 g/mol. The second kappa shape index (κ2) is 13.3. The number of ether oxygens (including phenoxy) is 1. The Bertz CT molecular complexity index is 2160. The van der Waals surface area contributed by atoms with Crippen molar-refractivity contribution in [2.24, 2.45) is 0 Å². The van der Waals surface area contributed by atoms with Gasteiger partial charge in [0.2, 0.25) is 0 Å². The summed E-state index contributed by atoms with van der Waals surface area (Å²) in [6.45, 7) is 7.72. The first-order chi connectivity index (χ1) is 23.1. The summed E-state index contributed by atoms with van der Waals surface area (Å²) in [5.74, 6) is 0.662. The third kappa shape index (κ3) is 6.54. The molecule has 3 heteroatoms. The van der Waals surface area contributed by atoms with Crippen LogP contribution in [0.3, 0.4) is 0 Å². The van der Waals surface area contributed by atoms with E-state index in [0.717, 1.165) is 50.1 Å². The highest BCUT2D eigenvalue weighted by atomic mass is 16.5. The number of benzene rings is 7. The maximum absolute atomic E-state index is 7.31. The second-order valence-electron chi connectivity index (χ2n) is 11.5. The fraction of sp³-hybridized carbons (Fsp3) is 0.0227. The van der Waals surface area contributed by atoms with Gasteiger partial charge in [0.15, 0.2) is 5.69 Å². The highest BCUT2D eigenvalue weighted by Crippen LogP contribution is 2.39. The van der Waals surface area contributed by atoms with Crippen molar-refractivity contribution in [1.29, 1.82) is 0 Å². The Kier molecular flexibility index (Phi) is 8.32. The van der Waals surface area contributed by atoms with Crippen molar-refractivity contribution in [1.82, 2.24) is 0 Å². The maximum atomic E-state index is 7.31. The van der Waals surface area contributed by atoms with Crippen molar-refractivity contribution in [2.75, 3.05) is 5.73 Å². The Morgan fingerprint density at radius 1 is 0.447 bits per heavy atom. The van der Waals surface area contributed by atoms with Crippen molar-refractivity contribution in [3.05, 3.63) is 187 Å². The van der Waals surface area contributed by atoms with E-state index in [1.165, 1.54) is 11.1 Å². The molecule has 7 aromatic rings. The first kappa shape index (κ1) is 29.3. The van der Waals surface area contributed by atoms with Crippen molar-refractivity contribution < 1.29 is 4.74 Å². The summed E-state index contributed by atoms with van der Waals surface area (Å²) in [6.07, 6.45) is 0. The van der Waals surface area contributed by atoms with E-state index >= 15 is 0 Å². The third-order valence-corrected chi connectivity index (χ3v) is 8.43. The summed E-state index contributed by atoms with van der Waals surface area (Å²) in [5, 5.41) is 0. The lowest BCUT2D eigenvalue weighted by atomic mass is 9.95. The molecule has 0 fully saturated rings. The number of nitrogens with zero attached hydrogens (tertiary/aromatic N) is 1. The molecule has 0 atom stereocenters. The van der Waals surface area contributed by atoms with E-state index in [9.17, 15) is 0 Å². The van der Waals surface area contributed by atoms with Gasteiger partial charge < -0.3 is 10.5 Å². The molecule has 0 unspecified atom stereocenters. The molecule has 0 heterocycles. The molecular weight excluding hydrogens is 572 g/mol. The van der Waals surface area contributed by atoms with E-state index < -0.39 is 0 Å². The van der Waals surface area contributed by atoms with Gasteiger partial charge in [0.25, 0.3) is 0 Å². The molecule has 0 aliphatic rings. The lowest BCUT2D eigenvalue weighted by Gasteiger charge is -2.16. The predicted molar refractivity (Wildman–Crippen MR) is 195 cm³/mol. The second-order valence-corrected chi connectivity index (χ2v) is 11.5. The zero-order chi connectivity index (χ0) is 32.0. The van der Waals surface area contributed by atoms with Gasteiger partial charge in [-0.3, -0.25) is 0 Å². The van der Waals surface area contributed by atoms with Crippen LogP contribution in [0.2, 0.25) is 0 Å². The maximum Gasteiger partial charge on any atom is 0.187 e. The molecule has 47 heavy (non-hydrogen) atoms. The van der Waals surface area contributed by atoms with Gasteiger partial charge in [-0.15, -0.1) is 0 Å². The van der Waals surface area contributed by atoms with Gasteiger partial charge in [-0.05, 0) is 73.8 Å². The summed E-state index contributed by atoms with van der Waals surface area (Å²) in [7, 11) is 0. The molecule has 7 rings (SSSR count). The minimum absolute atomic E-state index is 0.411. The number of rotatable bonds is 8. The van der Waals surface area contributed by atoms with Gasteiger partial charge in [0, 0.05) is 5.56 Å². The van der Waals surface area contributed by atoms with E-state index in [0.29, 0.717) is 23.7 Å². The van der Waals surface area contributed by atoms with Crippen molar-refractivity contribution in [3.63, 3.8) is 0 Å². The molecule has 3 nitrogen and oxygen atoms in total. The number of hydrogen-bond acceptors (Lipinski definition) is 2. The normalized spacial score (nSPS) is 10.7. The van der Waals surface area contributed by atoms with Gasteiger partial charge >= 0.3 is 0 Å². The molecule has 0 saturated heterocycles. The molecule has 0 aliphatic carbocycles. The first-order valence-electron chi connectivity index (χ1n) is 15.6. The van der Waals surface area contributed by atoms with Crippen LogP contribution >= 0.6 is 0 Å². The molecule has 0 radical (unpaired) electrons. The van der Waals surface area contributed by atoms with Crippen LogP contribution in [0.5, 0.6) is 5.75 Å². The quantitative estimate of drug-likeness (QED) is 0.138. The van der Waals surface area contributed by atoms with E-state index in [4.69, 9.17) is 17.0 Å². The summed E-state index contributed by atoms with van der Waals surface area (Å²) in [5.41, 5.74) is 20.0. The third-order valence-electron chi connectivity index (χ3n) is 8.43. The van der Waals surface area contributed by atoms with Gasteiger partial charge in [0.05, 0.1) is 12.3 Å². The molecular formula is C44H32N2O. The smallest absolute Gasteiger partial charge is 0.187 e. The number of nitrogen functional groups attached to an aromatic ring is 1. The van der Waals surface area contributed by atoms with Gasteiger partial charge in [-0.2, -0.15) is 0 Å². The van der Waals surface area contributed by atoms with Crippen LogP contribution in [0.1, 0.15) is 5.56 Å². The highest BCUT2D eigenvalue weighted by Gasteiger charge is 2.14. The topological polar surface area (TPSA) is 39.6 Å². The van der Waals surface area contributed by atoms with E-state index in [-0.39, 0.29) is 0 Å². The molecule has 0 aromatic heterocycles. The Morgan fingerprint density at radius 2 is 0.915 bits per heavy atom. The molecule has 0 bridgehead atoms. The Labute approximate surface area is 276 Å². The van der Waals surface area contributed by atoms with E-state index in [1.807, 2.05) is 54.6 Å². The lowest BCUT2D eigenvalue weighted by molar-refractivity contribution is 0.308.